The van der Waals surface area contributed by atoms with Crippen LogP contribution in [0.15, 0.2) is 40.2 Å². The lowest BCUT2D eigenvalue weighted by molar-refractivity contribution is 0.102. The van der Waals surface area contributed by atoms with Crippen molar-refractivity contribution >= 4 is 80.1 Å². The largest absolute Gasteiger partial charge is 0.610 e. The molecule has 0 saturated carbocycles. The van der Waals surface area contributed by atoms with Crippen molar-refractivity contribution in [3.63, 3.8) is 0 Å². The van der Waals surface area contributed by atoms with E-state index in [1.807, 2.05) is 0 Å². The second-order valence-corrected chi connectivity index (χ2v) is 8.50. The van der Waals surface area contributed by atoms with E-state index in [2.05, 4.69) is 10.3 Å². The lowest BCUT2D eigenvalue weighted by atomic mass is 10.1. The molecule has 2 N–H and O–H groups in total. The van der Waals surface area contributed by atoms with E-state index in [1.165, 1.54) is 36.6 Å². The summed E-state index contributed by atoms with van der Waals surface area (Å²) in [5, 5.41) is 3.57. The number of H-pyrrole nitrogens is 1. The van der Waals surface area contributed by atoms with Crippen LogP contribution in [0.3, 0.4) is 0 Å². The Labute approximate surface area is 176 Å². The highest BCUT2D eigenvalue weighted by atomic mass is 35.5. The lowest BCUT2D eigenvalue weighted by Gasteiger charge is -2.13. The summed E-state index contributed by atoms with van der Waals surface area (Å²) in [6.07, 6.45) is 1.34. The number of hydrogen-bond donors (Lipinski definition) is 2. The first kappa shape index (κ1) is 20.3. The summed E-state index contributed by atoms with van der Waals surface area (Å²) < 4.78 is 12.2. The van der Waals surface area contributed by atoms with E-state index < -0.39 is 22.5 Å². The van der Waals surface area contributed by atoms with E-state index in [0.717, 1.165) is 0 Å². The molecule has 10 heteroatoms. The van der Waals surface area contributed by atoms with Gasteiger partial charge in [0.2, 0.25) is 10.5 Å². The summed E-state index contributed by atoms with van der Waals surface area (Å²) in [4.78, 5) is 28.5. The number of fused-ring (bicyclic) bond motifs is 1. The number of anilines is 1. The van der Waals surface area contributed by atoms with Gasteiger partial charge < -0.3 is 14.9 Å². The summed E-state index contributed by atoms with van der Waals surface area (Å²) in [6.45, 7) is 0. The van der Waals surface area contributed by atoms with Crippen molar-refractivity contribution < 1.29 is 9.35 Å². The highest BCUT2D eigenvalue weighted by Gasteiger charge is 2.26. The van der Waals surface area contributed by atoms with Gasteiger partial charge in [0.25, 0.3) is 5.91 Å². The predicted molar refractivity (Wildman–Crippen MR) is 111 cm³/mol. The first-order chi connectivity index (χ1) is 12.7. The second kappa shape index (κ2) is 7.91. The molecule has 1 atom stereocenters. The number of pyridine rings is 1. The summed E-state index contributed by atoms with van der Waals surface area (Å²) in [7, 11) is 0. The third-order valence-corrected chi connectivity index (χ3v) is 5.63. The quantitative estimate of drug-likeness (QED) is 0.528. The van der Waals surface area contributed by atoms with Crippen LogP contribution < -0.4 is 10.7 Å². The molecule has 3 aromatic rings. The van der Waals surface area contributed by atoms with Crippen molar-refractivity contribution in [2.45, 2.75) is 5.03 Å². The van der Waals surface area contributed by atoms with Crippen molar-refractivity contribution in [2.24, 2.45) is 0 Å². The third kappa shape index (κ3) is 4.06. The molecule has 0 bridgehead atoms. The lowest BCUT2D eigenvalue weighted by Crippen LogP contribution is -2.26. The first-order valence-corrected chi connectivity index (χ1v) is 10.4. The summed E-state index contributed by atoms with van der Waals surface area (Å²) in [6, 6.07) is 7.30. The molecule has 140 valence electrons. The number of aromatic nitrogens is 1. The highest BCUT2D eigenvalue weighted by Crippen LogP contribution is 2.28. The smallest absolute Gasteiger partial charge is 0.266 e. The van der Waals surface area contributed by atoms with Crippen molar-refractivity contribution in [3.05, 3.63) is 66.2 Å². The molecule has 0 fully saturated rings. The number of aromatic amines is 1. The number of hydrogen-bond acceptors (Lipinski definition) is 3. The molecule has 2 aromatic carbocycles. The minimum atomic E-state index is -1.67. The number of carbonyl (C=O) groups excluding carboxylic acids is 1. The number of carbonyl (C=O) groups is 1. The monoisotopic (exact) mass is 462 g/mol. The van der Waals surface area contributed by atoms with Gasteiger partial charge in [-0.25, -0.2) is 0 Å². The van der Waals surface area contributed by atoms with E-state index in [0.29, 0.717) is 5.02 Å². The average Bonchev–Trinajstić information content (AvgIpc) is 2.57. The van der Waals surface area contributed by atoms with Crippen LogP contribution in [0.4, 0.5) is 5.69 Å². The van der Waals surface area contributed by atoms with Gasteiger partial charge in [-0.3, -0.25) is 9.59 Å². The van der Waals surface area contributed by atoms with Gasteiger partial charge in [0.1, 0.15) is 6.26 Å². The van der Waals surface area contributed by atoms with Crippen LogP contribution in [-0.2, 0) is 11.2 Å². The third-order valence-electron chi connectivity index (χ3n) is 3.69. The molecule has 0 aliphatic carbocycles. The fourth-order valence-electron chi connectivity index (χ4n) is 2.49. The minimum Gasteiger partial charge on any atom is -0.610 e. The Morgan fingerprint density at radius 3 is 2.37 bits per heavy atom. The number of amides is 1. The Morgan fingerprint density at radius 1 is 1.07 bits per heavy atom. The normalized spacial score (nSPS) is 12.2. The van der Waals surface area contributed by atoms with Gasteiger partial charge in [0.15, 0.2) is 5.56 Å². The maximum Gasteiger partial charge on any atom is 0.266 e. The van der Waals surface area contributed by atoms with Crippen LogP contribution in [-0.4, -0.2) is 21.7 Å². The Hall–Kier alpha value is -1.41. The predicted octanol–water partition coefficient (Wildman–Crippen LogP) is 5.13. The molecule has 5 nitrogen and oxygen atoms in total. The Kier molecular flexibility index (Phi) is 5.96. The van der Waals surface area contributed by atoms with Gasteiger partial charge in [-0.1, -0.05) is 46.4 Å². The molecule has 0 saturated heterocycles. The van der Waals surface area contributed by atoms with Gasteiger partial charge in [-0.15, -0.1) is 0 Å². The van der Waals surface area contributed by atoms with Crippen LogP contribution in [0.5, 0.6) is 0 Å². The number of benzene rings is 2. The Morgan fingerprint density at radius 2 is 1.74 bits per heavy atom. The number of halogens is 4. The van der Waals surface area contributed by atoms with Crippen LogP contribution in [0.25, 0.3) is 10.9 Å². The van der Waals surface area contributed by atoms with E-state index in [9.17, 15) is 14.1 Å². The minimum absolute atomic E-state index is 0.0562. The maximum absolute atomic E-state index is 12.9. The standard InChI is InChI=1S/C17H10Cl4N2O3S/c1-27(26)17-13(16(25)22-12-3-2-7(18)5-10(12)20)15(24)9-4-8(19)6-11(21)14(9)23-17/h2-6H,1H3,(H,22,25)(H,23,24). The van der Waals surface area contributed by atoms with Gasteiger partial charge in [-0.2, -0.15) is 0 Å². The maximum atomic E-state index is 12.9. The molecule has 0 aliphatic rings. The zero-order valence-corrected chi connectivity index (χ0v) is 17.4. The second-order valence-electron chi connectivity index (χ2n) is 5.50. The summed E-state index contributed by atoms with van der Waals surface area (Å²) >= 11 is 22.3. The van der Waals surface area contributed by atoms with E-state index in [4.69, 9.17) is 46.4 Å². The van der Waals surface area contributed by atoms with Crippen LogP contribution in [0, 0.1) is 0 Å². The molecule has 1 aromatic heterocycles. The molecule has 0 aliphatic heterocycles. The van der Waals surface area contributed by atoms with Crippen molar-refractivity contribution in [2.75, 3.05) is 11.6 Å². The molecular weight excluding hydrogens is 454 g/mol. The van der Waals surface area contributed by atoms with Crippen molar-refractivity contribution in [1.82, 2.24) is 4.98 Å². The Balaban J connectivity index is 2.20. The van der Waals surface area contributed by atoms with Gasteiger partial charge in [-0.05, 0) is 30.3 Å². The first-order valence-electron chi connectivity index (χ1n) is 7.34. The molecule has 0 spiro atoms. The van der Waals surface area contributed by atoms with E-state index >= 15 is 0 Å². The SMILES string of the molecule is C[S+]([O-])c1[nH]c2c(Cl)cc(Cl)cc2c(=O)c1C(=O)Nc1ccc(Cl)cc1Cl. The molecule has 0 radical (unpaired) electrons. The Bertz CT molecular complexity index is 1130. The van der Waals surface area contributed by atoms with Crippen molar-refractivity contribution in [3.8, 4) is 0 Å². The van der Waals surface area contributed by atoms with Crippen LogP contribution in [0.1, 0.15) is 10.4 Å². The van der Waals surface area contributed by atoms with E-state index in [1.54, 1.807) is 0 Å². The highest BCUT2D eigenvalue weighted by molar-refractivity contribution is 7.90. The fourth-order valence-corrected chi connectivity index (χ4v) is 4.21. The summed E-state index contributed by atoms with van der Waals surface area (Å²) in [5.41, 5.74) is -0.464. The van der Waals surface area contributed by atoms with Gasteiger partial charge in [0, 0.05) is 26.6 Å². The van der Waals surface area contributed by atoms with Gasteiger partial charge in [0.05, 0.1) is 21.2 Å². The van der Waals surface area contributed by atoms with Crippen LogP contribution >= 0.6 is 46.4 Å². The molecule has 27 heavy (non-hydrogen) atoms. The van der Waals surface area contributed by atoms with Gasteiger partial charge >= 0.3 is 0 Å². The molecule has 3 rings (SSSR count). The zero-order chi connectivity index (χ0) is 19.9. The van der Waals surface area contributed by atoms with Crippen LogP contribution in [0.2, 0.25) is 20.1 Å². The summed E-state index contributed by atoms with van der Waals surface area (Å²) in [5.74, 6) is -0.774. The molecule has 1 unspecified atom stereocenters. The number of nitrogens with one attached hydrogen (secondary N) is 2. The molecular formula is C17H10Cl4N2O3S. The number of rotatable bonds is 3. The fraction of sp³-hybridized carbons (Fsp3) is 0.0588. The van der Waals surface area contributed by atoms with E-state index in [-0.39, 0.29) is 42.2 Å². The molecule has 1 heterocycles. The average molecular weight is 464 g/mol. The zero-order valence-electron chi connectivity index (χ0n) is 13.5. The topological polar surface area (TPSA) is 85.0 Å². The molecule has 1 amide bonds. The van der Waals surface area contributed by atoms with Crippen molar-refractivity contribution in [1.29, 1.82) is 0 Å².